The Balaban J connectivity index is 3.22. The van der Waals surface area contributed by atoms with Gasteiger partial charge in [0.1, 0.15) is 6.61 Å². The van der Waals surface area contributed by atoms with Crippen LogP contribution < -0.4 is 14.2 Å². The molecular weight excluding hydrogens is 224 g/mol. The maximum absolute atomic E-state index is 11.7. The van der Waals surface area contributed by atoms with Crippen molar-refractivity contribution in [1.82, 2.24) is 0 Å². The summed E-state index contributed by atoms with van der Waals surface area (Å²) in [4.78, 5) is 11.7. The third-order valence-corrected chi connectivity index (χ3v) is 2.26. The number of carbonyl (C=O) groups excluding carboxylic acids is 1. The smallest absolute Gasteiger partial charge is 0.203 e. The minimum Gasteiger partial charge on any atom is -0.493 e. The van der Waals surface area contributed by atoms with E-state index in [1.54, 1.807) is 12.1 Å². The topological polar surface area (TPSA) is 54.0 Å². The lowest BCUT2D eigenvalue weighted by Gasteiger charge is -2.13. The average molecular weight is 240 g/mol. The molecule has 5 heteroatoms. The molecule has 0 aliphatic heterocycles. The van der Waals surface area contributed by atoms with Crippen molar-refractivity contribution in [3.63, 3.8) is 0 Å². The van der Waals surface area contributed by atoms with Crippen molar-refractivity contribution in [1.29, 1.82) is 0 Å². The molecule has 1 aromatic rings. The predicted molar refractivity (Wildman–Crippen MR) is 62.3 cm³/mol. The fraction of sp³-hybridized carbons (Fsp3) is 0.417. The minimum atomic E-state index is -0.147. The number of carbonyl (C=O) groups is 1. The zero-order chi connectivity index (χ0) is 12.8. The van der Waals surface area contributed by atoms with E-state index in [4.69, 9.17) is 18.9 Å². The molecule has 0 N–H and O–H groups in total. The van der Waals surface area contributed by atoms with Gasteiger partial charge in [-0.15, -0.1) is 0 Å². The van der Waals surface area contributed by atoms with Gasteiger partial charge in [-0.05, 0) is 12.1 Å². The highest BCUT2D eigenvalue weighted by atomic mass is 16.5. The molecule has 5 nitrogen and oxygen atoms in total. The summed E-state index contributed by atoms with van der Waals surface area (Å²) in [6.07, 6.45) is 0. The van der Waals surface area contributed by atoms with E-state index in [2.05, 4.69) is 0 Å². The van der Waals surface area contributed by atoms with Crippen LogP contribution in [-0.2, 0) is 4.74 Å². The highest BCUT2D eigenvalue weighted by molar-refractivity contribution is 5.98. The molecule has 0 saturated carbocycles. The molecule has 0 radical (unpaired) electrons. The van der Waals surface area contributed by atoms with Gasteiger partial charge in [0.05, 0.1) is 21.3 Å². The summed E-state index contributed by atoms with van der Waals surface area (Å²) in [5.41, 5.74) is 0.460. The second kappa shape index (κ2) is 6.10. The van der Waals surface area contributed by atoms with E-state index in [1.807, 2.05) is 0 Å². The largest absolute Gasteiger partial charge is 0.493 e. The number of methoxy groups -OCH3 is 4. The summed E-state index contributed by atoms with van der Waals surface area (Å²) in [7, 11) is 5.98. The highest BCUT2D eigenvalue weighted by Crippen LogP contribution is 2.38. The van der Waals surface area contributed by atoms with Gasteiger partial charge in [-0.1, -0.05) is 0 Å². The highest BCUT2D eigenvalue weighted by Gasteiger charge is 2.16. The Morgan fingerprint density at radius 1 is 1.00 bits per heavy atom. The molecule has 1 rings (SSSR count). The maximum atomic E-state index is 11.7. The van der Waals surface area contributed by atoms with Gasteiger partial charge >= 0.3 is 0 Å². The fourth-order valence-corrected chi connectivity index (χ4v) is 1.46. The second-order valence-electron chi connectivity index (χ2n) is 3.27. The molecule has 0 bridgehead atoms. The van der Waals surface area contributed by atoms with Crippen molar-refractivity contribution in [2.75, 3.05) is 35.0 Å². The van der Waals surface area contributed by atoms with Crippen LogP contribution >= 0.6 is 0 Å². The zero-order valence-electron chi connectivity index (χ0n) is 10.4. The van der Waals surface area contributed by atoms with Gasteiger partial charge < -0.3 is 18.9 Å². The summed E-state index contributed by atoms with van der Waals surface area (Å²) in [6, 6.07) is 3.20. The Morgan fingerprint density at radius 2 is 1.53 bits per heavy atom. The lowest BCUT2D eigenvalue weighted by Crippen LogP contribution is -2.08. The standard InChI is InChI=1S/C12H16O5/c1-14-7-9(13)8-5-10(15-2)12(17-4)11(6-8)16-3/h5-6H,7H2,1-4H3. The molecule has 0 amide bonds. The fourth-order valence-electron chi connectivity index (χ4n) is 1.46. The van der Waals surface area contributed by atoms with E-state index in [0.29, 0.717) is 22.8 Å². The van der Waals surface area contributed by atoms with Crippen LogP contribution in [-0.4, -0.2) is 40.8 Å². The third kappa shape index (κ3) is 2.88. The average Bonchev–Trinajstić information content (AvgIpc) is 2.37. The molecule has 94 valence electrons. The van der Waals surface area contributed by atoms with Gasteiger partial charge in [0.2, 0.25) is 5.75 Å². The summed E-state index contributed by atoms with van der Waals surface area (Å²) in [5.74, 6) is 1.22. The van der Waals surface area contributed by atoms with Crippen LogP contribution in [0.1, 0.15) is 10.4 Å². The molecule has 0 aliphatic rings. The van der Waals surface area contributed by atoms with Crippen molar-refractivity contribution >= 4 is 5.78 Å². The van der Waals surface area contributed by atoms with Gasteiger partial charge in [-0.3, -0.25) is 4.79 Å². The van der Waals surface area contributed by atoms with Crippen molar-refractivity contribution < 1.29 is 23.7 Å². The monoisotopic (exact) mass is 240 g/mol. The van der Waals surface area contributed by atoms with Crippen LogP contribution in [0.2, 0.25) is 0 Å². The lowest BCUT2D eigenvalue weighted by atomic mass is 10.1. The van der Waals surface area contributed by atoms with Crippen LogP contribution in [0.5, 0.6) is 17.2 Å². The number of Topliss-reactive ketones (excluding diaryl/α,β-unsaturated/α-hetero) is 1. The maximum Gasteiger partial charge on any atom is 0.203 e. The van der Waals surface area contributed by atoms with E-state index in [1.165, 1.54) is 28.4 Å². The molecule has 0 unspecified atom stereocenters. The Kier molecular flexibility index (Phi) is 4.78. The van der Waals surface area contributed by atoms with Gasteiger partial charge in [0.15, 0.2) is 17.3 Å². The normalized spacial score (nSPS) is 9.88. The molecule has 0 atom stereocenters. The number of ketones is 1. The Morgan fingerprint density at radius 3 is 1.88 bits per heavy atom. The van der Waals surface area contributed by atoms with E-state index in [9.17, 15) is 4.79 Å². The van der Waals surface area contributed by atoms with E-state index >= 15 is 0 Å². The molecule has 0 aromatic heterocycles. The van der Waals surface area contributed by atoms with E-state index < -0.39 is 0 Å². The molecule has 0 aliphatic carbocycles. The first kappa shape index (κ1) is 13.3. The van der Waals surface area contributed by atoms with Crippen molar-refractivity contribution in [3.8, 4) is 17.2 Å². The van der Waals surface area contributed by atoms with Crippen molar-refractivity contribution in [2.24, 2.45) is 0 Å². The zero-order valence-corrected chi connectivity index (χ0v) is 10.4. The molecule has 0 spiro atoms. The summed E-state index contributed by atoms with van der Waals surface area (Å²) in [5, 5.41) is 0. The van der Waals surface area contributed by atoms with Gasteiger partial charge in [-0.25, -0.2) is 0 Å². The number of hydrogen-bond acceptors (Lipinski definition) is 5. The molecule has 0 fully saturated rings. The Hall–Kier alpha value is -1.75. The molecule has 17 heavy (non-hydrogen) atoms. The SMILES string of the molecule is COCC(=O)c1cc(OC)c(OC)c(OC)c1. The van der Waals surface area contributed by atoms with Crippen LogP contribution in [0.15, 0.2) is 12.1 Å². The second-order valence-corrected chi connectivity index (χ2v) is 3.27. The van der Waals surface area contributed by atoms with Crippen LogP contribution in [0.25, 0.3) is 0 Å². The first-order valence-corrected chi connectivity index (χ1v) is 5.00. The summed E-state index contributed by atoms with van der Waals surface area (Å²) >= 11 is 0. The first-order chi connectivity index (χ1) is 8.17. The number of ether oxygens (including phenoxy) is 4. The first-order valence-electron chi connectivity index (χ1n) is 5.00. The Bertz CT molecular complexity index is 375. The van der Waals surface area contributed by atoms with Crippen LogP contribution in [0.3, 0.4) is 0 Å². The third-order valence-electron chi connectivity index (χ3n) is 2.26. The van der Waals surface area contributed by atoms with E-state index in [0.717, 1.165) is 0 Å². The van der Waals surface area contributed by atoms with Gasteiger partial charge in [0, 0.05) is 12.7 Å². The van der Waals surface area contributed by atoms with Crippen LogP contribution in [0.4, 0.5) is 0 Å². The van der Waals surface area contributed by atoms with E-state index in [-0.39, 0.29) is 12.4 Å². The molecular formula is C12H16O5. The number of hydrogen-bond donors (Lipinski definition) is 0. The molecule has 1 aromatic carbocycles. The summed E-state index contributed by atoms with van der Waals surface area (Å²) in [6.45, 7) is 0.0125. The quantitative estimate of drug-likeness (QED) is 0.706. The minimum absolute atomic E-state index is 0.0125. The predicted octanol–water partition coefficient (Wildman–Crippen LogP) is 1.54. The van der Waals surface area contributed by atoms with Crippen molar-refractivity contribution in [3.05, 3.63) is 17.7 Å². The molecule has 0 saturated heterocycles. The van der Waals surface area contributed by atoms with Gasteiger partial charge in [-0.2, -0.15) is 0 Å². The van der Waals surface area contributed by atoms with Crippen LogP contribution in [0, 0.1) is 0 Å². The number of rotatable bonds is 6. The van der Waals surface area contributed by atoms with Crippen molar-refractivity contribution in [2.45, 2.75) is 0 Å². The lowest BCUT2D eigenvalue weighted by molar-refractivity contribution is 0.0847. The number of benzene rings is 1. The molecule has 0 heterocycles. The summed E-state index contributed by atoms with van der Waals surface area (Å²) < 4.78 is 20.3. The van der Waals surface area contributed by atoms with Gasteiger partial charge in [0.25, 0.3) is 0 Å². The Labute approximate surface area is 100 Å².